The van der Waals surface area contributed by atoms with E-state index in [9.17, 15) is 5.11 Å². The second kappa shape index (κ2) is 6.44. The van der Waals surface area contributed by atoms with Crippen LogP contribution in [0.2, 0.25) is 0 Å². The van der Waals surface area contributed by atoms with Gasteiger partial charge in [-0.1, -0.05) is 28.1 Å². The lowest BCUT2D eigenvalue weighted by atomic mass is 9.91. The van der Waals surface area contributed by atoms with Gasteiger partial charge in [0.05, 0.1) is 5.60 Å². The van der Waals surface area contributed by atoms with Crippen molar-refractivity contribution in [3.8, 4) is 0 Å². The van der Waals surface area contributed by atoms with Crippen molar-refractivity contribution in [3.05, 3.63) is 25.3 Å². The maximum Gasteiger partial charge on any atom is 0.0716 e. The highest BCUT2D eigenvalue weighted by Crippen LogP contribution is 2.22. The maximum atomic E-state index is 9.98. The highest BCUT2D eigenvalue weighted by molar-refractivity contribution is 9.09. The molecule has 0 aromatic rings. The van der Waals surface area contributed by atoms with Gasteiger partial charge in [0.2, 0.25) is 0 Å². The molecule has 1 N–H and O–H groups in total. The van der Waals surface area contributed by atoms with Crippen molar-refractivity contribution in [2.45, 2.75) is 31.3 Å². The lowest BCUT2D eigenvalue weighted by Gasteiger charge is -2.25. The third-order valence-electron chi connectivity index (χ3n) is 1.82. The standard InChI is InChI=1S/C10H17BrO/c1-3-6-10(12,7-4-2)8-5-9-11/h3-4,12H,1-2,5-9H2. The van der Waals surface area contributed by atoms with Crippen LogP contribution in [0.3, 0.4) is 0 Å². The van der Waals surface area contributed by atoms with Crippen LogP contribution in [0, 0.1) is 0 Å². The van der Waals surface area contributed by atoms with Crippen LogP contribution in [-0.4, -0.2) is 16.0 Å². The summed E-state index contributed by atoms with van der Waals surface area (Å²) in [7, 11) is 0. The van der Waals surface area contributed by atoms with E-state index in [2.05, 4.69) is 29.1 Å². The van der Waals surface area contributed by atoms with Crippen LogP contribution < -0.4 is 0 Å². The summed E-state index contributed by atoms with van der Waals surface area (Å²) >= 11 is 3.34. The van der Waals surface area contributed by atoms with E-state index in [4.69, 9.17) is 0 Å². The first-order chi connectivity index (χ1) is 5.68. The Labute approximate surface area is 83.3 Å². The summed E-state index contributed by atoms with van der Waals surface area (Å²) in [6, 6.07) is 0. The lowest BCUT2D eigenvalue weighted by molar-refractivity contribution is 0.0371. The molecule has 0 heterocycles. The van der Waals surface area contributed by atoms with Crippen LogP contribution in [0.5, 0.6) is 0 Å². The Morgan fingerprint density at radius 2 is 1.75 bits per heavy atom. The molecule has 1 nitrogen and oxygen atoms in total. The first-order valence-electron chi connectivity index (χ1n) is 4.18. The van der Waals surface area contributed by atoms with E-state index >= 15 is 0 Å². The molecule has 0 spiro atoms. The van der Waals surface area contributed by atoms with Crippen molar-refractivity contribution < 1.29 is 5.11 Å². The predicted octanol–water partition coefficient (Wildman–Crippen LogP) is 3.04. The zero-order valence-electron chi connectivity index (χ0n) is 7.43. The van der Waals surface area contributed by atoms with Crippen molar-refractivity contribution in [2.75, 3.05) is 5.33 Å². The van der Waals surface area contributed by atoms with Crippen molar-refractivity contribution in [1.29, 1.82) is 0 Å². The van der Waals surface area contributed by atoms with Crippen LogP contribution in [-0.2, 0) is 0 Å². The molecule has 0 aromatic heterocycles. The van der Waals surface area contributed by atoms with E-state index in [0.717, 1.165) is 18.2 Å². The van der Waals surface area contributed by atoms with Crippen LogP contribution in [0.15, 0.2) is 25.3 Å². The lowest BCUT2D eigenvalue weighted by Crippen LogP contribution is -2.27. The van der Waals surface area contributed by atoms with Gasteiger partial charge in [-0.15, -0.1) is 13.2 Å². The Morgan fingerprint density at radius 1 is 1.25 bits per heavy atom. The summed E-state index contributed by atoms with van der Waals surface area (Å²) in [5, 5.41) is 10.9. The molecule has 12 heavy (non-hydrogen) atoms. The second-order valence-electron chi connectivity index (χ2n) is 3.00. The number of rotatable bonds is 7. The molecule has 0 radical (unpaired) electrons. The van der Waals surface area contributed by atoms with Gasteiger partial charge >= 0.3 is 0 Å². The van der Waals surface area contributed by atoms with Gasteiger partial charge in [-0.25, -0.2) is 0 Å². The summed E-state index contributed by atoms with van der Waals surface area (Å²) in [5.41, 5.74) is -0.614. The maximum absolute atomic E-state index is 9.98. The van der Waals surface area contributed by atoms with E-state index in [1.807, 2.05) is 0 Å². The van der Waals surface area contributed by atoms with Gasteiger partial charge in [-0.3, -0.25) is 0 Å². The summed E-state index contributed by atoms with van der Waals surface area (Å²) in [6.45, 7) is 7.26. The SMILES string of the molecule is C=CCC(O)(CC=C)CCCBr. The minimum atomic E-state index is -0.614. The van der Waals surface area contributed by atoms with Gasteiger partial charge in [-0.05, 0) is 25.7 Å². The fourth-order valence-corrected chi connectivity index (χ4v) is 1.50. The van der Waals surface area contributed by atoms with E-state index < -0.39 is 5.60 Å². The zero-order chi connectivity index (χ0) is 9.45. The molecule has 70 valence electrons. The number of halogens is 1. The van der Waals surface area contributed by atoms with Gasteiger partial charge < -0.3 is 5.11 Å². The summed E-state index contributed by atoms with van der Waals surface area (Å²) in [6.07, 6.45) is 6.60. The first kappa shape index (κ1) is 11.9. The highest BCUT2D eigenvalue weighted by Gasteiger charge is 2.22. The Balaban J connectivity index is 3.96. The van der Waals surface area contributed by atoms with Gasteiger partial charge in [-0.2, -0.15) is 0 Å². The van der Waals surface area contributed by atoms with Crippen LogP contribution >= 0.6 is 15.9 Å². The largest absolute Gasteiger partial charge is 0.389 e. The molecular formula is C10H17BrO. The molecule has 0 unspecified atom stereocenters. The topological polar surface area (TPSA) is 20.2 Å². The summed E-state index contributed by atoms with van der Waals surface area (Å²) in [5.74, 6) is 0. The van der Waals surface area contributed by atoms with Crippen LogP contribution in [0.1, 0.15) is 25.7 Å². The predicted molar refractivity (Wildman–Crippen MR) is 57.6 cm³/mol. The van der Waals surface area contributed by atoms with Crippen molar-refractivity contribution in [3.63, 3.8) is 0 Å². The Bertz CT molecular complexity index is 133. The molecule has 0 bridgehead atoms. The molecule has 0 saturated carbocycles. The molecule has 0 atom stereocenters. The molecule has 0 aliphatic heterocycles. The van der Waals surface area contributed by atoms with Gasteiger partial charge in [0, 0.05) is 5.33 Å². The molecule has 2 heteroatoms. The first-order valence-corrected chi connectivity index (χ1v) is 5.31. The molecular weight excluding hydrogens is 216 g/mol. The van der Waals surface area contributed by atoms with Crippen molar-refractivity contribution >= 4 is 15.9 Å². The number of alkyl halides is 1. The Hall–Kier alpha value is -0.0800. The summed E-state index contributed by atoms with van der Waals surface area (Å²) < 4.78 is 0. The molecule has 0 aliphatic carbocycles. The number of hydrogen-bond acceptors (Lipinski definition) is 1. The average molecular weight is 233 g/mol. The van der Waals surface area contributed by atoms with Gasteiger partial charge in [0.25, 0.3) is 0 Å². The van der Waals surface area contributed by atoms with Crippen LogP contribution in [0.4, 0.5) is 0 Å². The van der Waals surface area contributed by atoms with E-state index in [1.165, 1.54) is 0 Å². The molecule has 0 fully saturated rings. The van der Waals surface area contributed by atoms with Crippen molar-refractivity contribution in [2.24, 2.45) is 0 Å². The monoisotopic (exact) mass is 232 g/mol. The van der Waals surface area contributed by atoms with E-state index in [-0.39, 0.29) is 0 Å². The normalized spacial score (nSPS) is 11.2. The zero-order valence-corrected chi connectivity index (χ0v) is 9.02. The number of hydrogen-bond donors (Lipinski definition) is 1. The Morgan fingerprint density at radius 3 is 2.08 bits per heavy atom. The molecule has 0 saturated heterocycles. The Kier molecular flexibility index (Phi) is 6.39. The molecule has 0 aromatic carbocycles. The average Bonchev–Trinajstić information content (AvgIpc) is 2.02. The summed E-state index contributed by atoms with van der Waals surface area (Å²) in [4.78, 5) is 0. The third-order valence-corrected chi connectivity index (χ3v) is 2.39. The quantitative estimate of drug-likeness (QED) is 0.529. The van der Waals surface area contributed by atoms with Crippen molar-refractivity contribution in [1.82, 2.24) is 0 Å². The van der Waals surface area contributed by atoms with Crippen LogP contribution in [0.25, 0.3) is 0 Å². The van der Waals surface area contributed by atoms with Gasteiger partial charge in [0.15, 0.2) is 0 Å². The smallest absolute Gasteiger partial charge is 0.0716 e. The fourth-order valence-electron chi connectivity index (χ4n) is 1.22. The molecule has 0 aliphatic rings. The minimum Gasteiger partial charge on any atom is -0.389 e. The molecule has 0 rings (SSSR count). The molecule has 0 amide bonds. The van der Waals surface area contributed by atoms with E-state index in [0.29, 0.717) is 12.8 Å². The highest BCUT2D eigenvalue weighted by atomic mass is 79.9. The van der Waals surface area contributed by atoms with E-state index in [1.54, 1.807) is 12.2 Å². The number of aliphatic hydroxyl groups is 1. The van der Waals surface area contributed by atoms with Gasteiger partial charge in [0.1, 0.15) is 0 Å². The minimum absolute atomic E-state index is 0.614. The second-order valence-corrected chi connectivity index (χ2v) is 3.80. The third kappa shape index (κ3) is 4.73. The fraction of sp³-hybridized carbons (Fsp3) is 0.600.